The van der Waals surface area contributed by atoms with Crippen LogP contribution in [0.3, 0.4) is 0 Å². The summed E-state index contributed by atoms with van der Waals surface area (Å²) in [7, 11) is 0. The number of carboxylic acids is 1. The molecule has 0 heterocycles. The van der Waals surface area contributed by atoms with Crippen molar-refractivity contribution in [1.29, 1.82) is 0 Å². The van der Waals surface area contributed by atoms with Gasteiger partial charge in [0, 0.05) is 11.1 Å². The van der Waals surface area contributed by atoms with Gasteiger partial charge in [-0.05, 0) is 18.2 Å². The highest BCUT2D eigenvalue weighted by Crippen LogP contribution is 2.37. The maximum absolute atomic E-state index is 11.1. The molecule has 0 aliphatic rings. The average Bonchev–Trinajstić information content (AvgIpc) is 2.30. The third kappa shape index (κ3) is 1.92. The zero-order valence-corrected chi connectivity index (χ0v) is 8.79. The Morgan fingerprint density at radius 2 is 1.53 bits per heavy atom. The van der Waals surface area contributed by atoms with Crippen molar-refractivity contribution in [2.45, 2.75) is 0 Å². The summed E-state index contributed by atoms with van der Waals surface area (Å²) in [6.07, 6.45) is 0. The van der Waals surface area contributed by atoms with Crippen molar-refractivity contribution in [2.75, 3.05) is 0 Å². The minimum Gasteiger partial charge on any atom is -0.507 e. The maximum atomic E-state index is 11.1. The van der Waals surface area contributed by atoms with Crippen LogP contribution in [0.1, 0.15) is 10.4 Å². The molecule has 2 aromatic carbocycles. The number of aromatic carboxylic acids is 1. The lowest BCUT2D eigenvalue weighted by Crippen LogP contribution is -1.99. The number of para-hydroxylation sites is 1. The van der Waals surface area contributed by atoms with Gasteiger partial charge in [0.2, 0.25) is 0 Å². The third-order valence-electron chi connectivity index (χ3n) is 2.45. The van der Waals surface area contributed by atoms with Crippen LogP contribution in [-0.2, 0) is 0 Å². The minimum atomic E-state index is -1.15. The molecule has 3 N–H and O–H groups in total. The molecule has 17 heavy (non-hydrogen) atoms. The molecule has 0 aliphatic heterocycles. The monoisotopic (exact) mass is 230 g/mol. The highest BCUT2D eigenvalue weighted by Gasteiger charge is 2.17. The van der Waals surface area contributed by atoms with Crippen LogP contribution < -0.4 is 0 Å². The lowest BCUT2D eigenvalue weighted by molar-refractivity contribution is 0.0697. The van der Waals surface area contributed by atoms with Gasteiger partial charge in [0.15, 0.2) is 0 Å². The number of aromatic hydroxyl groups is 2. The Labute approximate surface area is 97.4 Å². The predicted octanol–water partition coefficient (Wildman–Crippen LogP) is 2.46. The van der Waals surface area contributed by atoms with E-state index >= 15 is 0 Å². The average molecular weight is 230 g/mol. The van der Waals surface area contributed by atoms with Crippen LogP contribution in [0.5, 0.6) is 11.5 Å². The number of phenolic OH excluding ortho intramolecular Hbond substituents is 2. The zero-order valence-electron chi connectivity index (χ0n) is 8.79. The van der Waals surface area contributed by atoms with Crippen LogP contribution >= 0.6 is 0 Å². The minimum absolute atomic E-state index is 0.0495. The molecule has 0 saturated heterocycles. The molecule has 0 aromatic heterocycles. The first kappa shape index (κ1) is 11.0. The molecule has 0 aliphatic carbocycles. The van der Waals surface area contributed by atoms with Crippen molar-refractivity contribution in [3.63, 3.8) is 0 Å². The fraction of sp³-hybridized carbons (Fsp3) is 0. The van der Waals surface area contributed by atoms with E-state index in [1.54, 1.807) is 18.2 Å². The number of hydrogen-bond acceptors (Lipinski definition) is 3. The van der Waals surface area contributed by atoms with Crippen molar-refractivity contribution in [2.24, 2.45) is 0 Å². The van der Waals surface area contributed by atoms with Crippen molar-refractivity contribution < 1.29 is 20.1 Å². The Morgan fingerprint density at radius 3 is 2.18 bits per heavy atom. The number of benzene rings is 2. The molecule has 0 fully saturated rings. The molecule has 0 atom stereocenters. The number of carbonyl (C=O) groups is 1. The number of phenols is 2. The molecular weight excluding hydrogens is 220 g/mol. The van der Waals surface area contributed by atoms with Gasteiger partial charge in [0.05, 0.1) is 5.56 Å². The Morgan fingerprint density at radius 1 is 0.882 bits per heavy atom. The second-order valence-corrected chi connectivity index (χ2v) is 3.52. The van der Waals surface area contributed by atoms with E-state index in [9.17, 15) is 15.0 Å². The zero-order chi connectivity index (χ0) is 12.4. The molecule has 2 aromatic rings. The van der Waals surface area contributed by atoms with Gasteiger partial charge in [-0.15, -0.1) is 0 Å². The summed E-state index contributed by atoms with van der Waals surface area (Å²) < 4.78 is 0. The SMILES string of the molecule is O=C(O)c1cccc(O)c1-c1ccccc1O. The normalized spacial score (nSPS) is 10.1. The van der Waals surface area contributed by atoms with Gasteiger partial charge in [-0.2, -0.15) is 0 Å². The molecule has 0 unspecified atom stereocenters. The Balaban J connectivity index is 2.75. The first-order valence-corrected chi connectivity index (χ1v) is 4.95. The summed E-state index contributed by atoms with van der Waals surface area (Å²) in [6, 6.07) is 10.5. The highest BCUT2D eigenvalue weighted by atomic mass is 16.4. The second kappa shape index (κ2) is 4.17. The molecule has 4 heteroatoms. The Hall–Kier alpha value is -2.49. The fourth-order valence-corrected chi connectivity index (χ4v) is 1.69. The van der Waals surface area contributed by atoms with E-state index in [1.165, 1.54) is 24.3 Å². The van der Waals surface area contributed by atoms with Crippen LogP contribution in [-0.4, -0.2) is 21.3 Å². The summed E-state index contributed by atoms with van der Waals surface area (Å²) in [6.45, 7) is 0. The van der Waals surface area contributed by atoms with Gasteiger partial charge >= 0.3 is 5.97 Å². The van der Waals surface area contributed by atoms with Gasteiger partial charge in [-0.1, -0.05) is 24.3 Å². The third-order valence-corrected chi connectivity index (χ3v) is 2.45. The topological polar surface area (TPSA) is 77.8 Å². The van der Waals surface area contributed by atoms with E-state index in [0.29, 0.717) is 5.56 Å². The second-order valence-electron chi connectivity index (χ2n) is 3.52. The van der Waals surface area contributed by atoms with Crippen molar-refractivity contribution >= 4 is 5.97 Å². The standard InChI is InChI=1S/C13H10O4/c14-10-6-2-1-4-8(10)12-9(13(16)17)5-3-7-11(12)15/h1-7,14-15H,(H,16,17). The van der Waals surface area contributed by atoms with Gasteiger partial charge < -0.3 is 15.3 Å². The molecule has 0 radical (unpaired) electrons. The Kier molecular flexibility index (Phi) is 2.70. The Bertz CT molecular complexity index is 575. The number of rotatable bonds is 2. The fourth-order valence-electron chi connectivity index (χ4n) is 1.69. The highest BCUT2D eigenvalue weighted by molar-refractivity contribution is 5.98. The smallest absolute Gasteiger partial charge is 0.336 e. The lowest BCUT2D eigenvalue weighted by atomic mass is 9.98. The molecule has 86 valence electrons. The van der Waals surface area contributed by atoms with Crippen LogP contribution in [0, 0.1) is 0 Å². The summed E-state index contributed by atoms with van der Waals surface area (Å²) in [5.41, 5.74) is 0.368. The summed E-state index contributed by atoms with van der Waals surface area (Å²) in [5, 5.41) is 28.5. The molecule has 0 saturated carbocycles. The van der Waals surface area contributed by atoms with E-state index in [1.807, 2.05) is 0 Å². The number of carboxylic acid groups (broad SMARTS) is 1. The van der Waals surface area contributed by atoms with Crippen LogP contribution in [0.4, 0.5) is 0 Å². The number of hydrogen-bond donors (Lipinski definition) is 3. The predicted molar refractivity (Wildman–Crippen MR) is 62.2 cm³/mol. The molecular formula is C13H10O4. The first-order valence-electron chi connectivity index (χ1n) is 4.95. The maximum Gasteiger partial charge on any atom is 0.336 e. The summed E-state index contributed by atoms with van der Waals surface area (Å²) >= 11 is 0. The lowest BCUT2D eigenvalue weighted by Gasteiger charge is -2.09. The van der Waals surface area contributed by atoms with Crippen LogP contribution in [0.25, 0.3) is 11.1 Å². The van der Waals surface area contributed by atoms with E-state index < -0.39 is 5.97 Å². The van der Waals surface area contributed by atoms with Gasteiger partial charge in [-0.3, -0.25) is 0 Å². The summed E-state index contributed by atoms with van der Waals surface area (Å²) in [5.74, 6) is -1.40. The largest absolute Gasteiger partial charge is 0.507 e. The molecule has 4 nitrogen and oxygen atoms in total. The summed E-state index contributed by atoms with van der Waals surface area (Å²) in [4.78, 5) is 11.1. The van der Waals surface area contributed by atoms with Crippen LogP contribution in [0.15, 0.2) is 42.5 Å². The van der Waals surface area contributed by atoms with E-state index in [-0.39, 0.29) is 22.6 Å². The van der Waals surface area contributed by atoms with Crippen molar-refractivity contribution in [3.8, 4) is 22.6 Å². The van der Waals surface area contributed by atoms with Crippen LogP contribution in [0.2, 0.25) is 0 Å². The molecule has 2 rings (SSSR count). The first-order chi connectivity index (χ1) is 8.11. The molecule has 0 spiro atoms. The van der Waals surface area contributed by atoms with Crippen molar-refractivity contribution in [1.82, 2.24) is 0 Å². The van der Waals surface area contributed by atoms with E-state index in [0.717, 1.165) is 0 Å². The van der Waals surface area contributed by atoms with Crippen molar-refractivity contribution in [3.05, 3.63) is 48.0 Å². The molecule has 0 bridgehead atoms. The van der Waals surface area contributed by atoms with Gasteiger partial charge in [0.25, 0.3) is 0 Å². The van der Waals surface area contributed by atoms with Gasteiger partial charge in [-0.25, -0.2) is 4.79 Å². The van der Waals surface area contributed by atoms with E-state index in [4.69, 9.17) is 5.11 Å². The quantitative estimate of drug-likeness (QED) is 0.740. The van der Waals surface area contributed by atoms with E-state index in [2.05, 4.69) is 0 Å². The molecule has 0 amide bonds. The van der Waals surface area contributed by atoms with Gasteiger partial charge in [0.1, 0.15) is 11.5 Å².